The molecule has 0 saturated carbocycles. The molecule has 5 heteroatoms. The Morgan fingerprint density at radius 3 is 3.05 bits per heavy atom. The molecule has 20 heavy (non-hydrogen) atoms. The highest BCUT2D eigenvalue weighted by atomic mass is 16.5. The third kappa shape index (κ3) is 3.49. The summed E-state index contributed by atoms with van der Waals surface area (Å²) in [5.74, 6) is 0.678. The average molecular weight is 278 g/mol. The Labute approximate surface area is 119 Å². The van der Waals surface area contributed by atoms with Crippen LogP contribution in [0.3, 0.4) is 0 Å². The number of aliphatic hydroxyl groups excluding tert-OH is 1. The highest BCUT2D eigenvalue weighted by Gasteiger charge is 2.23. The number of rotatable bonds is 5. The first-order valence-electron chi connectivity index (χ1n) is 6.95. The minimum atomic E-state index is -0.695. The summed E-state index contributed by atoms with van der Waals surface area (Å²) in [7, 11) is 1.59. The number of benzene rings is 1. The zero-order chi connectivity index (χ0) is 14.5. The molecule has 0 radical (unpaired) electrons. The van der Waals surface area contributed by atoms with Crippen LogP contribution in [0.1, 0.15) is 30.1 Å². The second-order valence-electron chi connectivity index (χ2n) is 5.16. The van der Waals surface area contributed by atoms with Gasteiger partial charge in [-0.05, 0) is 31.9 Å². The molecule has 5 nitrogen and oxygen atoms in total. The maximum Gasteiger partial charge on any atom is 0.237 e. The van der Waals surface area contributed by atoms with Crippen molar-refractivity contribution < 1.29 is 14.6 Å². The van der Waals surface area contributed by atoms with Gasteiger partial charge in [0, 0.05) is 18.7 Å². The van der Waals surface area contributed by atoms with Crippen LogP contribution in [0.25, 0.3) is 0 Å². The molecule has 2 rings (SSSR count). The minimum absolute atomic E-state index is 0.0136. The molecule has 0 spiro atoms. The number of hydrogen-bond acceptors (Lipinski definition) is 4. The van der Waals surface area contributed by atoms with Crippen LogP contribution >= 0.6 is 0 Å². The van der Waals surface area contributed by atoms with Crippen molar-refractivity contribution in [2.75, 3.05) is 20.2 Å². The van der Waals surface area contributed by atoms with Gasteiger partial charge in [0.1, 0.15) is 5.75 Å². The van der Waals surface area contributed by atoms with Gasteiger partial charge in [0.15, 0.2) is 0 Å². The van der Waals surface area contributed by atoms with Crippen molar-refractivity contribution in [2.24, 2.45) is 0 Å². The zero-order valence-electron chi connectivity index (χ0n) is 12.0. The minimum Gasteiger partial charge on any atom is -0.496 e. The second kappa shape index (κ2) is 6.72. The summed E-state index contributed by atoms with van der Waals surface area (Å²) in [6.45, 7) is 3.04. The summed E-state index contributed by atoms with van der Waals surface area (Å²) in [6.07, 6.45) is 1.08. The molecule has 1 aromatic carbocycles. The molecular weight excluding hydrogens is 256 g/mol. The predicted octanol–water partition coefficient (Wildman–Crippen LogP) is 0.905. The van der Waals surface area contributed by atoms with Gasteiger partial charge in [-0.1, -0.05) is 11.6 Å². The number of aliphatic hydroxyl groups is 1. The molecule has 0 aromatic heterocycles. The Balaban J connectivity index is 1.99. The lowest BCUT2D eigenvalue weighted by molar-refractivity contribution is -0.124. The van der Waals surface area contributed by atoms with Gasteiger partial charge in [0.25, 0.3) is 0 Å². The Bertz CT molecular complexity index is 476. The second-order valence-corrected chi connectivity index (χ2v) is 5.16. The fourth-order valence-electron chi connectivity index (χ4n) is 2.44. The van der Waals surface area contributed by atoms with E-state index in [1.165, 1.54) is 0 Å². The highest BCUT2D eigenvalue weighted by Crippen LogP contribution is 2.26. The number of aryl methyl sites for hydroxylation is 1. The molecule has 1 amide bonds. The third-order valence-electron chi connectivity index (χ3n) is 3.59. The van der Waals surface area contributed by atoms with E-state index in [9.17, 15) is 9.90 Å². The van der Waals surface area contributed by atoms with E-state index in [4.69, 9.17) is 4.74 Å². The first-order chi connectivity index (χ1) is 9.61. The van der Waals surface area contributed by atoms with Gasteiger partial charge >= 0.3 is 0 Å². The summed E-state index contributed by atoms with van der Waals surface area (Å²) in [6, 6.07) is 5.49. The molecule has 110 valence electrons. The lowest BCUT2D eigenvalue weighted by atomic mass is 10.0. The van der Waals surface area contributed by atoms with Gasteiger partial charge in [0.05, 0.1) is 19.3 Å². The summed E-state index contributed by atoms with van der Waals surface area (Å²) in [4.78, 5) is 11.6. The van der Waals surface area contributed by atoms with Crippen LogP contribution < -0.4 is 15.4 Å². The van der Waals surface area contributed by atoms with Gasteiger partial charge < -0.3 is 20.5 Å². The van der Waals surface area contributed by atoms with E-state index in [-0.39, 0.29) is 11.9 Å². The van der Waals surface area contributed by atoms with Crippen molar-refractivity contribution >= 4 is 5.91 Å². The third-order valence-corrected chi connectivity index (χ3v) is 3.59. The average Bonchev–Trinajstić information content (AvgIpc) is 2.46. The fraction of sp³-hybridized carbons (Fsp3) is 0.533. The Hall–Kier alpha value is -1.59. The molecule has 0 aliphatic carbocycles. The molecule has 1 heterocycles. The topological polar surface area (TPSA) is 70.6 Å². The Morgan fingerprint density at radius 1 is 1.55 bits per heavy atom. The van der Waals surface area contributed by atoms with Crippen LogP contribution in [0.2, 0.25) is 0 Å². The van der Waals surface area contributed by atoms with Gasteiger partial charge in [-0.15, -0.1) is 0 Å². The van der Waals surface area contributed by atoms with Crippen LogP contribution in [0, 0.1) is 6.92 Å². The number of methoxy groups -OCH3 is 1. The summed E-state index contributed by atoms with van der Waals surface area (Å²) in [5, 5.41) is 16.2. The molecule has 2 atom stereocenters. The number of hydrogen-bond donors (Lipinski definition) is 3. The maximum atomic E-state index is 11.6. The number of piperidine rings is 1. The zero-order valence-corrected chi connectivity index (χ0v) is 12.0. The lowest BCUT2D eigenvalue weighted by Crippen LogP contribution is -2.49. The van der Waals surface area contributed by atoms with Crippen LogP contribution in [0.5, 0.6) is 5.75 Å². The number of carbonyl (C=O) groups is 1. The fourth-order valence-corrected chi connectivity index (χ4v) is 2.44. The van der Waals surface area contributed by atoms with E-state index in [1.54, 1.807) is 7.11 Å². The van der Waals surface area contributed by atoms with E-state index in [2.05, 4.69) is 10.6 Å². The standard InChI is InChI=1S/C15H22N2O3/c1-10-5-6-14(20-2)11(8-10)13(18)9-17-12-4-3-7-16-15(12)19/h5-6,8,12-13,17-18H,3-4,7,9H2,1-2H3,(H,16,19). The smallest absolute Gasteiger partial charge is 0.237 e. The number of amides is 1. The largest absolute Gasteiger partial charge is 0.496 e. The molecule has 1 aliphatic heterocycles. The maximum absolute atomic E-state index is 11.6. The normalized spacial score (nSPS) is 20.4. The van der Waals surface area contributed by atoms with Crippen molar-refractivity contribution in [3.05, 3.63) is 29.3 Å². The van der Waals surface area contributed by atoms with Crippen LogP contribution in [-0.2, 0) is 4.79 Å². The van der Waals surface area contributed by atoms with Gasteiger partial charge in [-0.2, -0.15) is 0 Å². The first-order valence-corrected chi connectivity index (χ1v) is 6.95. The van der Waals surface area contributed by atoms with Crippen molar-refractivity contribution in [1.82, 2.24) is 10.6 Å². The van der Waals surface area contributed by atoms with Crippen LogP contribution in [0.4, 0.5) is 0 Å². The van der Waals surface area contributed by atoms with Crippen molar-refractivity contribution in [2.45, 2.75) is 31.9 Å². The number of carbonyl (C=O) groups excluding carboxylic acids is 1. The molecule has 1 aliphatic rings. The molecule has 1 saturated heterocycles. The molecule has 1 aromatic rings. The quantitative estimate of drug-likeness (QED) is 0.748. The lowest BCUT2D eigenvalue weighted by Gasteiger charge is -2.24. The highest BCUT2D eigenvalue weighted by molar-refractivity contribution is 5.82. The van der Waals surface area contributed by atoms with E-state index in [1.807, 2.05) is 25.1 Å². The molecule has 0 bridgehead atoms. The molecular formula is C15H22N2O3. The summed E-state index contributed by atoms with van der Waals surface area (Å²) >= 11 is 0. The predicted molar refractivity (Wildman–Crippen MR) is 76.7 cm³/mol. The van der Waals surface area contributed by atoms with Crippen LogP contribution in [0.15, 0.2) is 18.2 Å². The van der Waals surface area contributed by atoms with Crippen LogP contribution in [-0.4, -0.2) is 37.3 Å². The Kier molecular flexibility index (Phi) is 4.98. The first kappa shape index (κ1) is 14.8. The van der Waals surface area contributed by atoms with E-state index in [0.717, 1.165) is 30.5 Å². The van der Waals surface area contributed by atoms with E-state index in [0.29, 0.717) is 12.3 Å². The number of ether oxygens (including phenoxy) is 1. The Morgan fingerprint density at radius 2 is 2.35 bits per heavy atom. The van der Waals surface area contributed by atoms with Gasteiger partial charge in [-0.25, -0.2) is 0 Å². The van der Waals surface area contributed by atoms with Crippen molar-refractivity contribution in [3.8, 4) is 5.75 Å². The molecule has 2 unspecified atom stereocenters. The summed E-state index contributed by atoms with van der Waals surface area (Å²) in [5.41, 5.74) is 1.81. The van der Waals surface area contributed by atoms with Crippen molar-refractivity contribution in [1.29, 1.82) is 0 Å². The summed E-state index contributed by atoms with van der Waals surface area (Å²) < 4.78 is 5.27. The SMILES string of the molecule is COc1ccc(C)cc1C(O)CNC1CCCNC1=O. The molecule has 1 fully saturated rings. The number of nitrogens with one attached hydrogen (secondary N) is 2. The van der Waals surface area contributed by atoms with Gasteiger partial charge in [-0.3, -0.25) is 4.79 Å². The van der Waals surface area contributed by atoms with E-state index >= 15 is 0 Å². The monoisotopic (exact) mass is 278 g/mol. The van der Waals surface area contributed by atoms with Gasteiger partial charge in [0.2, 0.25) is 5.91 Å². The molecule has 3 N–H and O–H groups in total. The van der Waals surface area contributed by atoms with E-state index < -0.39 is 6.10 Å². The van der Waals surface area contributed by atoms with Crippen molar-refractivity contribution in [3.63, 3.8) is 0 Å².